The summed E-state index contributed by atoms with van der Waals surface area (Å²) in [6, 6.07) is -0.184. The van der Waals surface area contributed by atoms with Gasteiger partial charge >= 0.3 is 12.0 Å². The van der Waals surface area contributed by atoms with Gasteiger partial charge in [-0.2, -0.15) is 0 Å². The molecule has 118 valence electrons. The predicted octanol–water partition coefficient (Wildman–Crippen LogP) is 0.407. The number of urea groups is 1. The maximum atomic E-state index is 12.1. The lowest BCUT2D eigenvalue weighted by molar-refractivity contribution is -0.141. The Morgan fingerprint density at radius 2 is 1.71 bits per heavy atom. The van der Waals surface area contributed by atoms with Crippen molar-refractivity contribution in [3.63, 3.8) is 0 Å². The van der Waals surface area contributed by atoms with E-state index in [1.165, 1.54) is 0 Å². The number of carboxylic acid groups (broad SMARTS) is 1. The van der Waals surface area contributed by atoms with E-state index >= 15 is 0 Å². The molecule has 0 unspecified atom stereocenters. The van der Waals surface area contributed by atoms with Crippen molar-refractivity contribution in [2.75, 3.05) is 20.1 Å². The van der Waals surface area contributed by atoms with Gasteiger partial charge in [-0.25, -0.2) is 4.79 Å². The first-order valence-electron chi connectivity index (χ1n) is 7.51. The van der Waals surface area contributed by atoms with E-state index in [0.29, 0.717) is 38.8 Å². The van der Waals surface area contributed by atoms with Gasteiger partial charge in [0.25, 0.3) is 0 Å². The summed E-state index contributed by atoms with van der Waals surface area (Å²) in [4.78, 5) is 36.3. The fourth-order valence-electron chi connectivity index (χ4n) is 3.15. The minimum absolute atomic E-state index is 0.0121. The van der Waals surface area contributed by atoms with Crippen molar-refractivity contribution < 1.29 is 19.5 Å². The quantitative estimate of drug-likeness (QED) is 0.702. The Balaban J connectivity index is 1.75. The van der Waals surface area contributed by atoms with E-state index in [9.17, 15) is 14.4 Å². The molecule has 2 atom stereocenters. The van der Waals surface area contributed by atoms with Crippen molar-refractivity contribution in [3.8, 4) is 0 Å². The van der Waals surface area contributed by atoms with Crippen molar-refractivity contribution in [2.24, 2.45) is 11.8 Å². The fourth-order valence-corrected chi connectivity index (χ4v) is 3.15. The topological polar surface area (TPSA) is 98.7 Å². The molecular weight excluding hydrogens is 274 g/mol. The van der Waals surface area contributed by atoms with Gasteiger partial charge in [0.2, 0.25) is 5.91 Å². The van der Waals surface area contributed by atoms with E-state index in [1.807, 2.05) is 0 Å². The molecule has 0 radical (unpaired) electrons. The van der Waals surface area contributed by atoms with E-state index in [-0.39, 0.29) is 29.8 Å². The molecule has 2 aliphatic rings. The number of carboxylic acids is 1. The van der Waals surface area contributed by atoms with E-state index in [0.717, 1.165) is 6.42 Å². The van der Waals surface area contributed by atoms with Gasteiger partial charge in [0.05, 0.1) is 5.92 Å². The van der Waals surface area contributed by atoms with Gasteiger partial charge in [-0.1, -0.05) is 0 Å². The van der Waals surface area contributed by atoms with E-state index in [2.05, 4.69) is 10.6 Å². The summed E-state index contributed by atoms with van der Waals surface area (Å²) in [5.74, 6) is -1.09. The van der Waals surface area contributed by atoms with Gasteiger partial charge in [-0.3, -0.25) is 9.59 Å². The number of carbonyl (C=O) groups is 3. The zero-order valence-electron chi connectivity index (χ0n) is 12.3. The summed E-state index contributed by atoms with van der Waals surface area (Å²) in [6.45, 7) is 1.14. The maximum Gasteiger partial charge on any atom is 0.317 e. The van der Waals surface area contributed by atoms with Gasteiger partial charge in [0, 0.05) is 32.1 Å². The minimum atomic E-state index is -0.779. The fraction of sp³-hybridized carbons (Fsp3) is 0.786. The Labute approximate surface area is 124 Å². The second-order valence-corrected chi connectivity index (χ2v) is 5.87. The molecule has 2 fully saturated rings. The monoisotopic (exact) mass is 297 g/mol. The summed E-state index contributed by atoms with van der Waals surface area (Å²) in [5.41, 5.74) is 0. The van der Waals surface area contributed by atoms with Gasteiger partial charge in [-0.05, 0) is 32.1 Å². The number of amides is 3. The van der Waals surface area contributed by atoms with Crippen LogP contribution in [0.1, 0.15) is 32.1 Å². The van der Waals surface area contributed by atoms with Crippen LogP contribution in [0.3, 0.4) is 0 Å². The summed E-state index contributed by atoms with van der Waals surface area (Å²) in [6.07, 6.45) is 3.21. The van der Waals surface area contributed by atoms with Crippen LogP contribution in [-0.2, 0) is 9.59 Å². The largest absolute Gasteiger partial charge is 0.481 e. The van der Waals surface area contributed by atoms with Gasteiger partial charge in [0.1, 0.15) is 0 Å². The molecule has 1 saturated heterocycles. The first kappa shape index (κ1) is 15.6. The van der Waals surface area contributed by atoms with Crippen molar-refractivity contribution in [1.29, 1.82) is 0 Å². The SMILES string of the molecule is CNC(=O)C1CCN(C(=O)N[C@H]2CC[C@@H](C(=O)O)C2)CC1. The summed E-state index contributed by atoms with van der Waals surface area (Å²) in [7, 11) is 1.63. The number of hydrogen-bond acceptors (Lipinski definition) is 3. The Hall–Kier alpha value is -1.79. The van der Waals surface area contributed by atoms with E-state index in [1.54, 1.807) is 11.9 Å². The number of hydrogen-bond donors (Lipinski definition) is 3. The molecule has 0 spiro atoms. The van der Waals surface area contributed by atoms with Crippen LogP contribution in [0.15, 0.2) is 0 Å². The Bertz CT molecular complexity index is 418. The third-order valence-corrected chi connectivity index (χ3v) is 4.51. The molecule has 0 aromatic heterocycles. The molecule has 7 heteroatoms. The molecule has 1 heterocycles. The third kappa shape index (κ3) is 3.86. The highest BCUT2D eigenvalue weighted by Gasteiger charge is 2.32. The number of aliphatic carboxylic acids is 1. The van der Waals surface area contributed by atoms with Crippen LogP contribution in [0.25, 0.3) is 0 Å². The number of rotatable bonds is 3. The summed E-state index contributed by atoms with van der Waals surface area (Å²) >= 11 is 0. The van der Waals surface area contributed by atoms with Gasteiger partial charge in [0.15, 0.2) is 0 Å². The zero-order chi connectivity index (χ0) is 15.4. The van der Waals surface area contributed by atoms with Crippen LogP contribution in [0.5, 0.6) is 0 Å². The molecule has 2 rings (SSSR count). The number of nitrogens with zero attached hydrogens (tertiary/aromatic N) is 1. The molecule has 7 nitrogen and oxygen atoms in total. The lowest BCUT2D eigenvalue weighted by Crippen LogP contribution is -2.48. The minimum Gasteiger partial charge on any atom is -0.481 e. The first-order valence-corrected chi connectivity index (χ1v) is 7.51. The van der Waals surface area contributed by atoms with E-state index in [4.69, 9.17) is 5.11 Å². The molecule has 0 bridgehead atoms. The smallest absolute Gasteiger partial charge is 0.317 e. The number of carbonyl (C=O) groups excluding carboxylic acids is 2. The van der Waals surface area contributed by atoms with Crippen LogP contribution >= 0.6 is 0 Å². The predicted molar refractivity (Wildman–Crippen MR) is 75.7 cm³/mol. The zero-order valence-corrected chi connectivity index (χ0v) is 12.3. The van der Waals surface area contributed by atoms with Crippen molar-refractivity contribution in [2.45, 2.75) is 38.1 Å². The molecule has 1 saturated carbocycles. The first-order chi connectivity index (χ1) is 10.0. The average Bonchev–Trinajstić information content (AvgIpc) is 2.95. The highest BCUT2D eigenvalue weighted by molar-refractivity contribution is 5.79. The molecule has 3 N–H and O–H groups in total. The highest BCUT2D eigenvalue weighted by Crippen LogP contribution is 2.26. The van der Waals surface area contributed by atoms with Crippen LogP contribution in [0.4, 0.5) is 4.79 Å². The van der Waals surface area contributed by atoms with Crippen molar-refractivity contribution in [3.05, 3.63) is 0 Å². The van der Waals surface area contributed by atoms with Crippen LogP contribution in [-0.4, -0.2) is 54.1 Å². The Kier molecular flexibility index (Phi) is 5.03. The second-order valence-electron chi connectivity index (χ2n) is 5.87. The summed E-state index contributed by atoms with van der Waals surface area (Å²) < 4.78 is 0. The van der Waals surface area contributed by atoms with Crippen LogP contribution in [0, 0.1) is 11.8 Å². The molecule has 0 aromatic rings. The highest BCUT2D eigenvalue weighted by atomic mass is 16.4. The van der Waals surface area contributed by atoms with Gasteiger partial charge in [-0.15, -0.1) is 0 Å². The summed E-state index contributed by atoms with van der Waals surface area (Å²) in [5, 5.41) is 14.5. The lowest BCUT2D eigenvalue weighted by Gasteiger charge is -2.32. The van der Waals surface area contributed by atoms with Crippen LogP contribution in [0.2, 0.25) is 0 Å². The normalized spacial score (nSPS) is 26.4. The molecule has 3 amide bonds. The average molecular weight is 297 g/mol. The standard InChI is InChI=1S/C14H23N3O4/c1-15-12(18)9-4-6-17(7-5-9)14(21)16-11-3-2-10(8-11)13(19)20/h9-11H,2-8H2,1H3,(H,15,18)(H,16,21)(H,19,20)/t10-,11+/m1/s1. The maximum absolute atomic E-state index is 12.1. The Morgan fingerprint density at radius 3 is 2.24 bits per heavy atom. The van der Waals surface area contributed by atoms with Crippen molar-refractivity contribution in [1.82, 2.24) is 15.5 Å². The third-order valence-electron chi connectivity index (χ3n) is 4.51. The number of likely N-dealkylation sites (tertiary alicyclic amines) is 1. The second kappa shape index (κ2) is 6.78. The number of piperidine rings is 1. The lowest BCUT2D eigenvalue weighted by atomic mass is 9.96. The Morgan fingerprint density at radius 1 is 1.05 bits per heavy atom. The van der Waals surface area contributed by atoms with Crippen molar-refractivity contribution >= 4 is 17.9 Å². The molecule has 1 aliphatic carbocycles. The molecule has 21 heavy (non-hydrogen) atoms. The molecule has 1 aliphatic heterocycles. The van der Waals surface area contributed by atoms with Crippen LogP contribution < -0.4 is 10.6 Å². The molecular formula is C14H23N3O4. The van der Waals surface area contributed by atoms with E-state index < -0.39 is 5.97 Å². The van der Waals surface area contributed by atoms with Gasteiger partial charge < -0.3 is 20.6 Å². The molecule has 0 aromatic carbocycles. The number of nitrogens with one attached hydrogen (secondary N) is 2.